The zero-order valence-electron chi connectivity index (χ0n) is 17.4. The van der Waals surface area contributed by atoms with Gasteiger partial charge < -0.3 is 10.1 Å². The third-order valence-electron chi connectivity index (χ3n) is 5.14. The summed E-state index contributed by atoms with van der Waals surface area (Å²) in [5, 5.41) is 3.74. The predicted molar refractivity (Wildman–Crippen MR) is 124 cm³/mol. The summed E-state index contributed by atoms with van der Waals surface area (Å²) >= 11 is 1.43. The van der Waals surface area contributed by atoms with E-state index in [1.807, 2.05) is 12.1 Å². The van der Waals surface area contributed by atoms with Crippen molar-refractivity contribution in [3.63, 3.8) is 0 Å². The van der Waals surface area contributed by atoms with Crippen LogP contribution in [0.15, 0.2) is 81.7 Å². The van der Waals surface area contributed by atoms with Crippen molar-refractivity contribution in [3.8, 4) is 5.75 Å². The van der Waals surface area contributed by atoms with Crippen molar-refractivity contribution in [2.45, 2.75) is 40.1 Å². The van der Waals surface area contributed by atoms with Gasteiger partial charge in [0.1, 0.15) is 10.8 Å². The van der Waals surface area contributed by atoms with E-state index in [0.717, 1.165) is 22.8 Å². The Bertz CT molecular complexity index is 1180. The normalized spacial score (nSPS) is 13.8. The number of nitrogens with one attached hydrogen (secondary N) is 2. The van der Waals surface area contributed by atoms with Crippen molar-refractivity contribution in [2.24, 2.45) is 0 Å². The van der Waals surface area contributed by atoms with E-state index in [0.29, 0.717) is 17.0 Å². The van der Waals surface area contributed by atoms with Crippen LogP contribution in [-0.4, -0.2) is 32.5 Å². The van der Waals surface area contributed by atoms with Gasteiger partial charge in [-0.3, -0.25) is 9.52 Å². The second-order valence-electron chi connectivity index (χ2n) is 7.39. The van der Waals surface area contributed by atoms with Gasteiger partial charge in [0.25, 0.3) is 15.9 Å². The molecule has 3 aromatic rings. The van der Waals surface area contributed by atoms with Gasteiger partial charge in [-0.05, 0) is 79.9 Å². The Morgan fingerprint density at radius 3 is 2.31 bits per heavy atom. The first kappa shape index (κ1) is 22.2. The topological polar surface area (TPSA) is 97.4 Å². The minimum absolute atomic E-state index is 0.0905. The first-order chi connectivity index (χ1) is 15.4. The molecule has 1 aromatic heterocycles. The van der Waals surface area contributed by atoms with Crippen LogP contribution in [0.25, 0.3) is 0 Å². The summed E-state index contributed by atoms with van der Waals surface area (Å²) in [6, 6.07) is 17.1. The maximum Gasteiger partial charge on any atom is 0.261 e. The summed E-state index contributed by atoms with van der Waals surface area (Å²) in [7, 11) is -2.17. The smallest absolute Gasteiger partial charge is 0.261 e. The van der Waals surface area contributed by atoms with E-state index >= 15 is 0 Å². The highest BCUT2D eigenvalue weighted by molar-refractivity contribution is 7.99. The number of carbonyl (C=O) groups is 1. The highest BCUT2D eigenvalue weighted by Crippen LogP contribution is 2.28. The lowest BCUT2D eigenvalue weighted by Gasteiger charge is -2.26. The van der Waals surface area contributed by atoms with Crippen LogP contribution in [0.4, 0.5) is 5.69 Å². The minimum atomic E-state index is -3.69. The van der Waals surface area contributed by atoms with Gasteiger partial charge >= 0.3 is 0 Å². The highest BCUT2D eigenvalue weighted by atomic mass is 32.2. The average Bonchev–Trinajstić information content (AvgIpc) is 2.78. The van der Waals surface area contributed by atoms with Crippen molar-refractivity contribution in [1.29, 1.82) is 0 Å². The molecule has 2 N–H and O–H groups in total. The summed E-state index contributed by atoms with van der Waals surface area (Å²) in [6.07, 6.45) is 4.83. The van der Waals surface area contributed by atoms with Gasteiger partial charge in [-0.1, -0.05) is 11.8 Å². The molecule has 0 unspecified atom stereocenters. The van der Waals surface area contributed by atoms with E-state index in [1.54, 1.807) is 42.6 Å². The van der Waals surface area contributed by atoms with E-state index in [4.69, 9.17) is 4.74 Å². The molecule has 0 saturated heterocycles. The Morgan fingerprint density at radius 2 is 1.75 bits per heavy atom. The minimum Gasteiger partial charge on any atom is -0.497 e. The molecule has 7 nitrogen and oxygen atoms in total. The predicted octanol–water partition coefficient (Wildman–Crippen LogP) is 4.32. The molecule has 1 amide bonds. The standard InChI is InChI=1S/C23H23N3O4S2/c1-30-19-8-12-21(13-9-19)32(28,29)26-18-6-10-20(11-7-18)31-22-14-5-16(15-24-22)23(27)25-17-3-2-4-17/h5-15,17,26H,2-4H2,1H3,(H,25,27). The Labute approximate surface area is 191 Å². The van der Waals surface area contributed by atoms with E-state index in [1.165, 1.54) is 37.4 Å². The summed E-state index contributed by atoms with van der Waals surface area (Å²) in [6.45, 7) is 0. The van der Waals surface area contributed by atoms with Crippen molar-refractivity contribution in [3.05, 3.63) is 72.4 Å². The van der Waals surface area contributed by atoms with Crippen LogP contribution in [0.3, 0.4) is 0 Å². The summed E-state index contributed by atoms with van der Waals surface area (Å²) in [5.74, 6) is 0.498. The van der Waals surface area contributed by atoms with Gasteiger partial charge in [0.05, 0.1) is 17.6 Å². The van der Waals surface area contributed by atoms with Crippen LogP contribution in [-0.2, 0) is 10.0 Å². The molecule has 9 heteroatoms. The molecular formula is C23H23N3O4S2. The van der Waals surface area contributed by atoms with Gasteiger partial charge in [-0.15, -0.1) is 0 Å². The second kappa shape index (κ2) is 9.62. The molecule has 0 radical (unpaired) electrons. The molecule has 1 aliphatic rings. The van der Waals surface area contributed by atoms with Crippen LogP contribution < -0.4 is 14.8 Å². The SMILES string of the molecule is COc1ccc(S(=O)(=O)Nc2ccc(Sc3ccc(C(=O)NC4CCC4)cn3)cc2)cc1. The van der Waals surface area contributed by atoms with Gasteiger partial charge in [0, 0.05) is 22.8 Å². The number of aromatic nitrogens is 1. The van der Waals surface area contributed by atoms with Gasteiger partial charge in [-0.25, -0.2) is 13.4 Å². The van der Waals surface area contributed by atoms with Crippen LogP contribution in [0, 0.1) is 0 Å². The lowest BCUT2D eigenvalue weighted by Crippen LogP contribution is -2.39. The molecule has 1 aliphatic carbocycles. The molecule has 1 heterocycles. The van der Waals surface area contributed by atoms with Crippen molar-refractivity contribution < 1.29 is 17.9 Å². The number of sulfonamides is 1. The number of nitrogens with zero attached hydrogens (tertiary/aromatic N) is 1. The van der Waals surface area contributed by atoms with Gasteiger partial charge in [0.2, 0.25) is 0 Å². The lowest BCUT2D eigenvalue weighted by atomic mass is 9.93. The molecule has 0 bridgehead atoms. The maximum atomic E-state index is 12.6. The molecular weight excluding hydrogens is 446 g/mol. The largest absolute Gasteiger partial charge is 0.497 e. The zero-order valence-corrected chi connectivity index (χ0v) is 19.1. The Balaban J connectivity index is 1.36. The molecule has 166 valence electrons. The summed E-state index contributed by atoms with van der Waals surface area (Å²) in [4.78, 5) is 17.6. The number of anilines is 1. The third-order valence-corrected chi connectivity index (χ3v) is 7.49. The number of carbonyl (C=O) groups excluding carboxylic acids is 1. The van der Waals surface area contributed by atoms with E-state index in [-0.39, 0.29) is 16.8 Å². The Kier molecular flexibility index (Phi) is 6.66. The average molecular weight is 470 g/mol. The maximum absolute atomic E-state index is 12.6. The number of benzene rings is 2. The molecule has 32 heavy (non-hydrogen) atoms. The highest BCUT2D eigenvalue weighted by Gasteiger charge is 2.20. The number of methoxy groups -OCH3 is 1. The lowest BCUT2D eigenvalue weighted by molar-refractivity contribution is 0.0916. The van der Waals surface area contributed by atoms with Crippen LogP contribution in [0.5, 0.6) is 5.75 Å². The molecule has 0 atom stereocenters. The fourth-order valence-corrected chi connectivity index (χ4v) is 4.89. The monoisotopic (exact) mass is 469 g/mol. The molecule has 2 aromatic carbocycles. The van der Waals surface area contributed by atoms with E-state index in [9.17, 15) is 13.2 Å². The van der Waals surface area contributed by atoms with Crippen LogP contribution in [0.1, 0.15) is 29.6 Å². The number of ether oxygens (including phenoxy) is 1. The van der Waals surface area contributed by atoms with E-state index in [2.05, 4.69) is 15.0 Å². The van der Waals surface area contributed by atoms with E-state index < -0.39 is 10.0 Å². The zero-order chi connectivity index (χ0) is 22.6. The molecule has 0 spiro atoms. The second-order valence-corrected chi connectivity index (χ2v) is 10.2. The van der Waals surface area contributed by atoms with Crippen LogP contribution in [0.2, 0.25) is 0 Å². The van der Waals surface area contributed by atoms with Gasteiger partial charge in [-0.2, -0.15) is 0 Å². The number of amides is 1. The summed E-state index contributed by atoms with van der Waals surface area (Å²) < 4.78 is 32.7. The van der Waals surface area contributed by atoms with Crippen molar-refractivity contribution in [1.82, 2.24) is 10.3 Å². The van der Waals surface area contributed by atoms with Crippen LogP contribution >= 0.6 is 11.8 Å². The molecule has 1 saturated carbocycles. The molecule has 4 rings (SSSR count). The Hall–Kier alpha value is -3.04. The fraction of sp³-hybridized carbons (Fsp3) is 0.217. The molecule has 1 fully saturated rings. The van der Waals surface area contributed by atoms with Gasteiger partial charge in [0.15, 0.2) is 0 Å². The molecule has 0 aliphatic heterocycles. The number of hydrogen-bond acceptors (Lipinski definition) is 6. The number of hydrogen-bond donors (Lipinski definition) is 2. The number of rotatable bonds is 8. The van der Waals surface area contributed by atoms with Crippen molar-refractivity contribution in [2.75, 3.05) is 11.8 Å². The third kappa shape index (κ3) is 5.41. The number of pyridine rings is 1. The quantitative estimate of drug-likeness (QED) is 0.510. The first-order valence-corrected chi connectivity index (χ1v) is 12.4. The Morgan fingerprint density at radius 1 is 1.03 bits per heavy atom. The van der Waals surface area contributed by atoms with Crippen molar-refractivity contribution >= 4 is 33.4 Å². The first-order valence-electron chi connectivity index (χ1n) is 10.1. The summed E-state index contributed by atoms with van der Waals surface area (Å²) in [5.41, 5.74) is 1.01. The fourth-order valence-electron chi connectivity index (χ4n) is 3.08.